The molecule has 0 saturated heterocycles. The summed E-state index contributed by atoms with van der Waals surface area (Å²) < 4.78 is 9.81. The minimum atomic E-state index is -1.46. The van der Waals surface area contributed by atoms with Crippen LogP contribution in [-0.2, 0) is 19.1 Å². The number of carbonyl (C=O) groups is 2. The van der Waals surface area contributed by atoms with Crippen LogP contribution >= 0.6 is 23.1 Å². The van der Waals surface area contributed by atoms with Crippen molar-refractivity contribution in [3.8, 4) is 0 Å². The van der Waals surface area contributed by atoms with Crippen molar-refractivity contribution < 1.29 is 19.1 Å². The SMILES string of the molecule is CCCCCCOC(=O)C(C)(Sc1nncs1)C(=O)OCCCCCC. The number of carbonyl (C=O) groups excluding carboxylic acids is 2. The van der Waals surface area contributed by atoms with E-state index in [9.17, 15) is 9.59 Å². The summed E-state index contributed by atoms with van der Waals surface area (Å²) >= 11 is 2.33. The monoisotopic (exact) mass is 402 g/mol. The maximum atomic E-state index is 12.6. The second-order valence-electron chi connectivity index (χ2n) is 6.23. The molecule has 0 atom stereocenters. The van der Waals surface area contributed by atoms with Crippen LogP contribution in [0.15, 0.2) is 9.85 Å². The van der Waals surface area contributed by atoms with Crippen molar-refractivity contribution in [1.29, 1.82) is 0 Å². The average molecular weight is 403 g/mol. The predicted octanol–water partition coefficient (Wildman–Crippen LogP) is 4.64. The number of hydrogen-bond acceptors (Lipinski definition) is 8. The minimum absolute atomic E-state index is 0.314. The fourth-order valence-electron chi connectivity index (χ4n) is 2.21. The van der Waals surface area contributed by atoms with Gasteiger partial charge in [0.2, 0.25) is 4.75 Å². The average Bonchev–Trinajstić information content (AvgIpc) is 3.13. The molecule has 26 heavy (non-hydrogen) atoms. The lowest BCUT2D eigenvalue weighted by molar-refractivity contribution is -0.158. The summed E-state index contributed by atoms with van der Waals surface area (Å²) in [6.07, 6.45) is 8.04. The summed E-state index contributed by atoms with van der Waals surface area (Å²) in [7, 11) is 0. The Bertz CT molecular complexity index is 497. The molecule has 1 aromatic heterocycles. The highest BCUT2D eigenvalue weighted by molar-refractivity contribution is 8.03. The predicted molar refractivity (Wildman–Crippen MR) is 104 cm³/mol. The van der Waals surface area contributed by atoms with Gasteiger partial charge in [0, 0.05) is 0 Å². The Morgan fingerprint density at radius 1 is 1.00 bits per heavy atom. The quantitative estimate of drug-likeness (QED) is 0.194. The molecule has 0 bridgehead atoms. The minimum Gasteiger partial charge on any atom is -0.464 e. The first-order valence-electron chi connectivity index (χ1n) is 9.34. The summed E-state index contributed by atoms with van der Waals surface area (Å²) in [6, 6.07) is 0. The Kier molecular flexibility index (Phi) is 11.5. The van der Waals surface area contributed by atoms with Crippen LogP contribution in [0.1, 0.15) is 72.1 Å². The molecule has 0 radical (unpaired) electrons. The normalized spacial score (nSPS) is 11.3. The largest absolute Gasteiger partial charge is 0.464 e. The summed E-state index contributed by atoms with van der Waals surface area (Å²) in [5.41, 5.74) is 1.56. The van der Waals surface area contributed by atoms with Crippen molar-refractivity contribution >= 4 is 35.0 Å². The van der Waals surface area contributed by atoms with E-state index in [1.165, 1.54) is 11.3 Å². The van der Waals surface area contributed by atoms with Gasteiger partial charge in [-0.2, -0.15) is 0 Å². The lowest BCUT2D eigenvalue weighted by Gasteiger charge is -2.23. The van der Waals surface area contributed by atoms with Crippen molar-refractivity contribution in [1.82, 2.24) is 10.2 Å². The van der Waals surface area contributed by atoms with Gasteiger partial charge < -0.3 is 9.47 Å². The third kappa shape index (κ3) is 8.03. The number of unbranched alkanes of at least 4 members (excludes halogenated alkanes) is 6. The zero-order valence-corrected chi connectivity index (χ0v) is 17.6. The first-order chi connectivity index (χ1) is 12.5. The zero-order valence-electron chi connectivity index (χ0n) is 16.0. The topological polar surface area (TPSA) is 78.4 Å². The highest BCUT2D eigenvalue weighted by Gasteiger charge is 2.46. The Morgan fingerprint density at radius 2 is 1.54 bits per heavy atom. The molecule has 1 heterocycles. The summed E-state index contributed by atoms with van der Waals surface area (Å²) in [6.45, 7) is 6.42. The first kappa shape index (κ1) is 22.9. The van der Waals surface area contributed by atoms with E-state index in [-0.39, 0.29) is 0 Å². The number of aromatic nitrogens is 2. The molecular formula is C18H30N2O4S2. The second-order valence-corrected chi connectivity index (χ2v) is 8.73. The number of ether oxygens (including phenoxy) is 2. The molecule has 1 rings (SSSR count). The fourth-order valence-corrected chi connectivity index (χ4v) is 4.03. The number of nitrogens with zero attached hydrogens (tertiary/aromatic N) is 2. The van der Waals surface area contributed by atoms with E-state index in [0.29, 0.717) is 17.6 Å². The molecule has 0 unspecified atom stereocenters. The summed E-state index contributed by atoms with van der Waals surface area (Å²) in [4.78, 5) is 25.2. The van der Waals surface area contributed by atoms with Crippen LogP contribution in [0.3, 0.4) is 0 Å². The molecule has 0 fully saturated rings. The van der Waals surface area contributed by atoms with Gasteiger partial charge in [0.05, 0.1) is 13.2 Å². The van der Waals surface area contributed by atoms with E-state index in [1.54, 1.807) is 12.4 Å². The van der Waals surface area contributed by atoms with Crippen LogP contribution in [0.4, 0.5) is 0 Å². The molecule has 0 aliphatic carbocycles. The molecule has 1 aromatic rings. The molecule has 0 aliphatic rings. The molecule has 0 aliphatic heterocycles. The van der Waals surface area contributed by atoms with Gasteiger partial charge in [0.1, 0.15) is 5.51 Å². The molecule has 0 saturated carbocycles. The first-order valence-corrected chi connectivity index (χ1v) is 11.0. The van der Waals surface area contributed by atoms with Crippen LogP contribution in [0.25, 0.3) is 0 Å². The van der Waals surface area contributed by atoms with Crippen molar-refractivity contribution in [2.24, 2.45) is 0 Å². The third-order valence-electron chi connectivity index (χ3n) is 3.87. The Morgan fingerprint density at radius 3 is 1.96 bits per heavy atom. The Labute approximate surface area is 164 Å². The van der Waals surface area contributed by atoms with E-state index in [2.05, 4.69) is 24.0 Å². The molecular weight excluding hydrogens is 372 g/mol. The Balaban J connectivity index is 2.62. The number of esters is 2. The lowest BCUT2D eigenvalue weighted by Crippen LogP contribution is -2.43. The van der Waals surface area contributed by atoms with Crippen LogP contribution in [-0.4, -0.2) is 40.1 Å². The molecule has 8 heteroatoms. The molecule has 6 nitrogen and oxygen atoms in total. The molecule has 0 spiro atoms. The van der Waals surface area contributed by atoms with Gasteiger partial charge in [-0.3, -0.25) is 0 Å². The van der Waals surface area contributed by atoms with Crippen molar-refractivity contribution in [2.75, 3.05) is 13.2 Å². The zero-order chi connectivity index (χ0) is 19.3. The fraction of sp³-hybridized carbons (Fsp3) is 0.778. The number of hydrogen-bond donors (Lipinski definition) is 0. The maximum Gasteiger partial charge on any atom is 0.333 e. The molecule has 0 N–H and O–H groups in total. The van der Waals surface area contributed by atoms with E-state index in [4.69, 9.17) is 9.47 Å². The Hall–Kier alpha value is -1.15. The van der Waals surface area contributed by atoms with Crippen LogP contribution in [0.2, 0.25) is 0 Å². The summed E-state index contributed by atoms with van der Waals surface area (Å²) in [5, 5.41) is 7.68. The van der Waals surface area contributed by atoms with Gasteiger partial charge in [-0.1, -0.05) is 75.5 Å². The van der Waals surface area contributed by atoms with Gasteiger partial charge in [0.25, 0.3) is 0 Å². The number of rotatable bonds is 14. The van der Waals surface area contributed by atoms with Crippen molar-refractivity contribution in [3.05, 3.63) is 5.51 Å². The van der Waals surface area contributed by atoms with E-state index < -0.39 is 16.7 Å². The molecule has 0 amide bonds. The third-order valence-corrected chi connectivity index (χ3v) is 5.89. The second kappa shape index (κ2) is 13.1. The van der Waals surface area contributed by atoms with E-state index in [0.717, 1.165) is 63.1 Å². The van der Waals surface area contributed by atoms with Gasteiger partial charge in [0.15, 0.2) is 4.34 Å². The molecule has 148 valence electrons. The van der Waals surface area contributed by atoms with Gasteiger partial charge in [-0.15, -0.1) is 10.2 Å². The number of thioether (sulfide) groups is 1. The van der Waals surface area contributed by atoms with Gasteiger partial charge in [-0.05, 0) is 19.8 Å². The summed E-state index contributed by atoms with van der Waals surface area (Å²) in [5.74, 6) is -1.15. The van der Waals surface area contributed by atoms with E-state index >= 15 is 0 Å². The van der Waals surface area contributed by atoms with Crippen LogP contribution < -0.4 is 0 Å². The lowest BCUT2D eigenvalue weighted by atomic mass is 10.1. The van der Waals surface area contributed by atoms with Gasteiger partial charge >= 0.3 is 11.9 Å². The van der Waals surface area contributed by atoms with Gasteiger partial charge in [-0.25, -0.2) is 9.59 Å². The van der Waals surface area contributed by atoms with Crippen molar-refractivity contribution in [2.45, 2.75) is 81.2 Å². The van der Waals surface area contributed by atoms with E-state index in [1.807, 2.05) is 0 Å². The maximum absolute atomic E-state index is 12.6. The molecule has 0 aromatic carbocycles. The van der Waals surface area contributed by atoms with Crippen LogP contribution in [0.5, 0.6) is 0 Å². The highest BCUT2D eigenvalue weighted by Crippen LogP contribution is 2.36. The standard InChI is InChI=1S/C18H30N2O4S2/c1-4-6-8-10-12-23-15(21)18(3,26-17-20-19-14-25-17)16(22)24-13-11-9-7-5-2/h14H,4-13H2,1-3H3. The highest BCUT2D eigenvalue weighted by atomic mass is 32.2. The smallest absolute Gasteiger partial charge is 0.333 e. The van der Waals surface area contributed by atoms with Crippen LogP contribution in [0, 0.1) is 0 Å². The van der Waals surface area contributed by atoms with Crippen molar-refractivity contribution in [3.63, 3.8) is 0 Å².